The molecule has 0 bridgehead atoms. The molecule has 0 N–H and O–H groups in total. The second-order valence-corrected chi connectivity index (χ2v) is 7.26. The van der Waals surface area contributed by atoms with Crippen LogP contribution in [-0.4, -0.2) is 20.2 Å². The molecule has 6 nitrogen and oxygen atoms in total. The molecule has 0 spiro atoms. The van der Waals surface area contributed by atoms with Crippen LogP contribution in [-0.2, 0) is 6.18 Å². The van der Waals surface area contributed by atoms with Gasteiger partial charge in [-0.3, -0.25) is 4.79 Å². The Hall–Kier alpha value is -4.34. The van der Waals surface area contributed by atoms with Crippen molar-refractivity contribution in [3.63, 3.8) is 0 Å². The van der Waals surface area contributed by atoms with Gasteiger partial charge in [-0.2, -0.15) is 13.2 Å². The van der Waals surface area contributed by atoms with Crippen molar-refractivity contribution in [2.75, 3.05) is 14.2 Å². The third kappa shape index (κ3) is 4.68. The van der Waals surface area contributed by atoms with Gasteiger partial charge in [-0.05, 0) is 48.0 Å². The molecule has 0 unspecified atom stereocenters. The molecule has 0 saturated heterocycles. The van der Waals surface area contributed by atoms with Gasteiger partial charge in [-0.1, -0.05) is 12.1 Å². The highest BCUT2D eigenvalue weighted by Gasteiger charge is 2.39. The Morgan fingerprint density at radius 3 is 2.31 bits per heavy atom. The number of rotatable bonds is 5. The normalized spacial score (nSPS) is 11.4. The van der Waals surface area contributed by atoms with Gasteiger partial charge in [0.1, 0.15) is 17.1 Å². The molecule has 35 heavy (non-hydrogen) atoms. The minimum atomic E-state index is -5.02. The lowest BCUT2D eigenvalue weighted by atomic mass is 10.0. The number of alkyl halides is 3. The summed E-state index contributed by atoms with van der Waals surface area (Å²) in [6.45, 7) is 0. The summed E-state index contributed by atoms with van der Waals surface area (Å²) in [6.07, 6.45) is -5.02. The van der Waals surface area contributed by atoms with Crippen LogP contribution in [0.15, 0.2) is 69.9 Å². The smallest absolute Gasteiger partial charge is 0.450 e. The number of carbonyl (C=O) groups excluding carboxylic acids is 1. The van der Waals surface area contributed by atoms with E-state index in [0.29, 0.717) is 0 Å². The molecule has 3 aromatic carbocycles. The third-order valence-electron chi connectivity index (χ3n) is 5.06. The minimum absolute atomic E-state index is 0.0905. The van der Waals surface area contributed by atoms with Crippen LogP contribution in [0.3, 0.4) is 0 Å². The lowest BCUT2D eigenvalue weighted by molar-refractivity contribution is -0.152. The minimum Gasteiger partial charge on any atom is -0.493 e. The van der Waals surface area contributed by atoms with Gasteiger partial charge in [0.25, 0.3) is 0 Å². The first-order valence-electron chi connectivity index (χ1n) is 10.0. The average Bonchev–Trinajstić information content (AvgIpc) is 2.82. The summed E-state index contributed by atoms with van der Waals surface area (Å²) in [6, 6.07) is 12.0. The summed E-state index contributed by atoms with van der Waals surface area (Å²) in [7, 11) is 2.67. The van der Waals surface area contributed by atoms with Crippen molar-refractivity contribution in [3.05, 3.63) is 88.0 Å². The van der Waals surface area contributed by atoms with E-state index in [2.05, 4.69) is 0 Å². The number of hydrogen-bond donors (Lipinski definition) is 0. The highest BCUT2D eigenvalue weighted by Crippen LogP contribution is 2.40. The molecule has 0 saturated carbocycles. The van der Waals surface area contributed by atoms with Crippen LogP contribution in [0.1, 0.15) is 16.1 Å². The van der Waals surface area contributed by atoms with Crippen molar-refractivity contribution in [2.24, 2.45) is 0 Å². The summed E-state index contributed by atoms with van der Waals surface area (Å²) in [4.78, 5) is 25.4. The van der Waals surface area contributed by atoms with E-state index in [4.69, 9.17) is 18.6 Å². The third-order valence-corrected chi connectivity index (χ3v) is 5.06. The van der Waals surface area contributed by atoms with Gasteiger partial charge in [0.2, 0.25) is 11.2 Å². The summed E-state index contributed by atoms with van der Waals surface area (Å²) in [5.74, 6) is -2.94. The van der Waals surface area contributed by atoms with Crippen LogP contribution >= 0.6 is 0 Å². The van der Waals surface area contributed by atoms with Crippen LogP contribution in [0.25, 0.3) is 22.1 Å². The van der Waals surface area contributed by atoms with Crippen molar-refractivity contribution in [1.29, 1.82) is 0 Å². The molecule has 180 valence electrons. The summed E-state index contributed by atoms with van der Waals surface area (Å²) in [5, 5.41) is -0.173. The van der Waals surface area contributed by atoms with Gasteiger partial charge in [0.15, 0.2) is 11.5 Å². The second kappa shape index (κ2) is 9.13. The largest absolute Gasteiger partial charge is 0.493 e. The number of benzene rings is 3. The maximum absolute atomic E-state index is 13.9. The molecule has 0 radical (unpaired) electrons. The number of esters is 1. The molecular formula is C25H16F4O6. The van der Waals surface area contributed by atoms with E-state index in [9.17, 15) is 27.2 Å². The van der Waals surface area contributed by atoms with Crippen molar-refractivity contribution >= 4 is 16.9 Å². The topological polar surface area (TPSA) is 75.0 Å². The van der Waals surface area contributed by atoms with Crippen molar-refractivity contribution in [1.82, 2.24) is 0 Å². The van der Waals surface area contributed by atoms with E-state index in [1.807, 2.05) is 0 Å². The Labute approximate surface area is 195 Å². The molecule has 4 rings (SSSR count). The first-order valence-corrected chi connectivity index (χ1v) is 10.0. The van der Waals surface area contributed by atoms with Crippen molar-refractivity contribution in [2.45, 2.75) is 6.18 Å². The maximum atomic E-state index is 13.9. The van der Waals surface area contributed by atoms with Gasteiger partial charge in [0.05, 0.1) is 30.7 Å². The standard InChI is InChI=1S/C25H16F4O6/c1-32-18-9-6-13(11-20(18)33-2)21-22(30)17-8-7-16(12-19(17)35-23(21)25(27,28)29)34-24(31)14-4-3-5-15(26)10-14/h3-12H,1-2H3. The molecule has 0 amide bonds. The molecule has 0 aliphatic carbocycles. The summed E-state index contributed by atoms with van der Waals surface area (Å²) in [5.41, 5.74) is -2.31. The number of carbonyl (C=O) groups is 1. The predicted octanol–water partition coefficient (Wildman–Crippen LogP) is 5.85. The van der Waals surface area contributed by atoms with Crippen LogP contribution in [0.5, 0.6) is 17.2 Å². The second-order valence-electron chi connectivity index (χ2n) is 7.26. The van der Waals surface area contributed by atoms with E-state index in [-0.39, 0.29) is 33.8 Å². The number of ether oxygens (including phenoxy) is 3. The van der Waals surface area contributed by atoms with E-state index in [0.717, 1.165) is 18.2 Å². The van der Waals surface area contributed by atoms with E-state index in [1.54, 1.807) is 0 Å². The Kier molecular flexibility index (Phi) is 6.21. The number of hydrogen-bond acceptors (Lipinski definition) is 6. The lowest BCUT2D eigenvalue weighted by Gasteiger charge is -2.15. The fraction of sp³-hybridized carbons (Fsp3) is 0.120. The summed E-state index contributed by atoms with van der Waals surface area (Å²) < 4.78 is 75.6. The van der Waals surface area contributed by atoms with Crippen LogP contribution in [0.2, 0.25) is 0 Å². The Balaban J connectivity index is 1.84. The molecule has 1 heterocycles. The molecule has 0 aliphatic rings. The van der Waals surface area contributed by atoms with Crippen LogP contribution in [0, 0.1) is 5.82 Å². The Bertz CT molecular complexity index is 1490. The molecule has 0 aliphatic heterocycles. The van der Waals surface area contributed by atoms with Gasteiger partial charge in [0, 0.05) is 6.07 Å². The zero-order chi connectivity index (χ0) is 25.3. The highest BCUT2D eigenvalue weighted by atomic mass is 19.4. The van der Waals surface area contributed by atoms with Gasteiger partial charge in [-0.25, -0.2) is 9.18 Å². The van der Waals surface area contributed by atoms with Gasteiger partial charge >= 0.3 is 12.1 Å². The fourth-order valence-electron chi connectivity index (χ4n) is 3.47. The first kappa shape index (κ1) is 23.8. The van der Waals surface area contributed by atoms with E-state index >= 15 is 0 Å². The molecule has 4 aromatic rings. The highest BCUT2D eigenvalue weighted by molar-refractivity contribution is 5.92. The van der Waals surface area contributed by atoms with E-state index < -0.39 is 40.3 Å². The first-order chi connectivity index (χ1) is 16.6. The van der Waals surface area contributed by atoms with Crippen molar-refractivity contribution in [3.8, 4) is 28.4 Å². The quantitative estimate of drug-likeness (QED) is 0.199. The SMILES string of the molecule is COc1ccc(-c2c(C(F)(F)F)oc3cc(OC(=O)c4cccc(F)c4)ccc3c2=O)cc1OC. The van der Waals surface area contributed by atoms with Gasteiger partial charge < -0.3 is 18.6 Å². The number of halogens is 4. The Morgan fingerprint density at radius 2 is 1.66 bits per heavy atom. The lowest BCUT2D eigenvalue weighted by Crippen LogP contribution is -2.16. The monoisotopic (exact) mass is 488 g/mol. The maximum Gasteiger partial charge on any atom is 0.450 e. The zero-order valence-electron chi connectivity index (χ0n) is 18.2. The van der Waals surface area contributed by atoms with Crippen molar-refractivity contribution < 1.29 is 41.0 Å². The summed E-state index contributed by atoms with van der Waals surface area (Å²) >= 11 is 0. The van der Waals surface area contributed by atoms with Crippen LogP contribution < -0.4 is 19.6 Å². The molecule has 10 heteroatoms. The zero-order valence-corrected chi connectivity index (χ0v) is 18.2. The van der Waals surface area contributed by atoms with E-state index in [1.165, 1.54) is 56.7 Å². The Morgan fingerprint density at radius 1 is 0.914 bits per heavy atom. The van der Waals surface area contributed by atoms with Crippen LogP contribution in [0.4, 0.5) is 17.6 Å². The number of fused-ring (bicyclic) bond motifs is 1. The fourth-order valence-corrected chi connectivity index (χ4v) is 3.47. The molecular weight excluding hydrogens is 472 g/mol. The number of methoxy groups -OCH3 is 2. The molecule has 1 aromatic heterocycles. The predicted molar refractivity (Wildman–Crippen MR) is 117 cm³/mol. The van der Waals surface area contributed by atoms with Gasteiger partial charge in [-0.15, -0.1) is 0 Å². The molecule has 0 fully saturated rings. The average molecular weight is 488 g/mol. The molecule has 0 atom stereocenters.